The lowest BCUT2D eigenvalue weighted by atomic mass is 10.1. The van der Waals surface area contributed by atoms with Crippen LogP contribution in [0, 0.1) is 6.92 Å². The first-order chi connectivity index (χ1) is 10.6. The average Bonchev–Trinajstić information content (AvgIpc) is 2.95. The zero-order valence-electron chi connectivity index (χ0n) is 12.4. The molecule has 0 unspecified atom stereocenters. The number of hydrogen-bond acceptors (Lipinski definition) is 3. The molecular weight excluding hydrogens is 278 g/mol. The van der Waals surface area contributed by atoms with Crippen LogP contribution >= 0.6 is 0 Å². The normalized spacial score (nSPS) is 10.6. The molecule has 0 radical (unpaired) electrons. The third-order valence-corrected chi connectivity index (χ3v) is 3.66. The van der Waals surface area contributed by atoms with Gasteiger partial charge in [0, 0.05) is 11.3 Å². The Balaban J connectivity index is 2.26. The van der Waals surface area contributed by atoms with E-state index in [1.807, 2.05) is 37.3 Å². The summed E-state index contributed by atoms with van der Waals surface area (Å²) in [5.41, 5.74) is 2.99. The van der Waals surface area contributed by atoms with Crippen LogP contribution in [0.4, 0.5) is 0 Å². The van der Waals surface area contributed by atoms with Crippen LogP contribution in [0.5, 0.6) is 0 Å². The number of rotatable bonds is 3. The molecule has 0 spiro atoms. The van der Waals surface area contributed by atoms with Crippen molar-refractivity contribution in [2.75, 3.05) is 7.11 Å². The van der Waals surface area contributed by atoms with E-state index in [4.69, 9.17) is 4.74 Å². The third-order valence-electron chi connectivity index (χ3n) is 3.66. The first-order valence-electron chi connectivity index (χ1n) is 6.92. The number of fused-ring (bicyclic) bond motifs is 1. The minimum atomic E-state index is -0.449. The van der Waals surface area contributed by atoms with Crippen LogP contribution in [0.25, 0.3) is 5.52 Å². The summed E-state index contributed by atoms with van der Waals surface area (Å²) in [4.78, 5) is 24.7. The van der Waals surface area contributed by atoms with Crippen LogP contribution < -0.4 is 0 Å². The second kappa shape index (κ2) is 5.48. The minimum absolute atomic E-state index is 0.125. The molecule has 3 aromatic rings. The molecule has 0 saturated carbocycles. The molecule has 2 aromatic heterocycles. The Morgan fingerprint density at radius 1 is 1.00 bits per heavy atom. The van der Waals surface area contributed by atoms with Gasteiger partial charge in [-0.1, -0.05) is 36.4 Å². The van der Waals surface area contributed by atoms with Crippen molar-refractivity contribution in [1.82, 2.24) is 4.40 Å². The lowest BCUT2D eigenvalue weighted by molar-refractivity contribution is 0.0603. The van der Waals surface area contributed by atoms with E-state index in [2.05, 4.69) is 0 Å². The van der Waals surface area contributed by atoms with E-state index < -0.39 is 5.97 Å². The van der Waals surface area contributed by atoms with Gasteiger partial charge in [0.15, 0.2) is 0 Å². The van der Waals surface area contributed by atoms with Gasteiger partial charge in [0.25, 0.3) is 0 Å². The first-order valence-corrected chi connectivity index (χ1v) is 6.92. The molecule has 0 fully saturated rings. The fourth-order valence-electron chi connectivity index (χ4n) is 2.60. The molecule has 0 bridgehead atoms. The van der Waals surface area contributed by atoms with Crippen LogP contribution in [0.2, 0.25) is 0 Å². The summed E-state index contributed by atoms with van der Waals surface area (Å²) in [6.45, 7) is 1.90. The molecule has 110 valence electrons. The van der Waals surface area contributed by atoms with Gasteiger partial charge in [0.2, 0.25) is 5.78 Å². The quantitative estimate of drug-likeness (QED) is 0.550. The van der Waals surface area contributed by atoms with Gasteiger partial charge in [0.05, 0.1) is 23.9 Å². The summed E-state index contributed by atoms with van der Waals surface area (Å²) < 4.78 is 6.61. The molecule has 4 nitrogen and oxygen atoms in total. The highest BCUT2D eigenvalue weighted by Crippen LogP contribution is 2.22. The second-order valence-electron chi connectivity index (χ2n) is 5.02. The fourth-order valence-corrected chi connectivity index (χ4v) is 2.60. The second-order valence-corrected chi connectivity index (χ2v) is 5.02. The maximum atomic E-state index is 12.8. The average molecular weight is 293 g/mol. The van der Waals surface area contributed by atoms with Crippen LogP contribution in [-0.2, 0) is 4.74 Å². The highest BCUT2D eigenvalue weighted by Gasteiger charge is 2.21. The maximum absolute atomic E-state index is 12.8. The van der Waals surface area contributed by atoms with E-state index in [1.54, 1.807) is 28.7 Å². The van der Waals surface area contributed by atoms with Crippen LogP contribution in [0.15, 0.2) is 54.6 Å². The smallest absolute Gasteiger partial charge is 0.340 e. The standard InChI is InChI=1S/C18H15NO3/c1-12-7-6-10-15-14(18(21)22-2)11-16(19(12)15)17(20)13-8-4-3-5-9-13/h3-11H,1-2H3. The van der Waals surface area contributed by atoms with E-state index in [1.165, 1.54) is 7.11 Å². The molecule has 0 atom stereocenters. The van der Waals surface area contributed by atoms with Crippen LogP contribution in [0.1, 0.15) is 32.1 Å². The maximum Gasteiger partial charge on any atom is 0.340 e. The number of aryl methyl sites for hydroxylation is 1. The Bertz CT molecular complexity index is 863. The summed E-state index contributed by atoms with van der Waals surface area (Å²) in [5, 5.41) is 0. The molecule has 1 aromatic carbocycles. The number of esters is 1. The summed E-state index contributed by atoms with van der Waals surface area (Å²) in [6, 6.07) is 16.2. The monoisotopic (exact) mass is 293 g/mol. The molecule has 0 aliphatic rings. The largest absolute Gasteiger partial charge is 0.465 e. The fraction of sp³-hybridized carbons (Fsp3) is 0.111. The molecule has 0 amide bonds. The van der Waals surface area contributed by atoms with Gasteiger partial charge in [-0.15, -0.1) is 0 Å². The van der Waals surface area contributed by atoms with Gasteiger partial charge < -0.3 is 9.14 Å². The number of benzene rings is 1. The molecule has 3 rings (SSSR count). The number of hydrogen-bond donors (Lipinski definition) is 0. The molecular formula is C18H15NO3. The summed E-state index contributed by atoms with van der Waals surface area (Å²) in [6.07, 6.45) is 0. The van der Waals surface area contributed by atoms with Crippen molar-refractivity contribution < 1.29 is 14.3 Å². The topological polar surface area (TPSA) is 47.8 Å². The SMILES string of the molecule is COC(=O)c1cc(C(=O)c2ccccc2)n2c(C)cccc12. The molecule has 0 N–H and O–H groups in total. The van der Waals surface area contributed by atoms with Crippen molar-refractivity contribution in [3.05, 3.63) is 77.1 Å². The van der Waals surface area contributed by atoms with Crippen molar-refractivity contribution >= 4 is 17.3 Å². The van der Waals surface area contributed by atoms with E-state index in [0.29, 0.717) is 22.3 Å². The number of nitrogens with zero attached hydrogens (tertiary/aromatic N) is 1. The molecule has 0 aliphatic heterocycles. The lowest BCUT2D eigenvalue weighted by Crippen LogP contribution is -2.06. The Morgan fingerprint density at radius 2 is 1.73 bits per heavy atom. The van der Waals surface area contributed by atoms with Gasteiger partial charge >= 0.3 is 5.97 Å². The van der Waals surface area contributed by atoms with Gasteiger partial charge in [-0.05, 0) is 25.1 Å². The predicted octanol–water partition coefficient (Wildman–Crippen LogP) is 3.27. The van der Waals surface area contributed by atoms with Crippen LogP contribution in [-0.4, -0.2) is 23.3 Å². The van der Waals surface area contributed by atoms with Gasteiger partial charge in [-0.2, -0.15) is 0 Å². The molecule has 2 heterocycles. The van der Waals surface area contributed by atoms with Crippen LogP contribution in [0.3, 0.4) is 0 Å². The van der Waals surface area contributed by atoms with E-state index >= 15 is 0 Å². The summed E-state index contributed by atoms with van der Waals surface area (Å²) in [7, 11) is 1.33. The Kier molecular flexibility index (Phi) is 3.51. The van der Waals surface area contributed by atoms with Gasteiger partial charge in [0.1, 0.15) is 0 Å². The lowest BCUT2D eigenvalue weighted by Gasteiger charge is -2.06. The number of pyridine rings is 1. The van der Waals surface area contributed by atoms with Gasteiger partial charge in [-0.25, -0.2) is 4.79 Å². The summed E-state index contributed by atoms with van der Waals surface area (Å²) >= 11 is 0. The molecule has 0 saturated heterocycles. The molecule has 0 aliphatic carbocycles. The number of ketones is 1. The van der Waals surface area contributed by atoms with E-state index in [-0.39, 0.29) is 5.78 Å². The zero-order valence-corrected chi connectivity index (χ0v) is 12.4. The number of carbonyl (C=O) groups is 2. The third kappa shape index (κ3) is 2.19. The Hall–Kier alpha value is -2.88. The van der Waals surface area contributed by atoms with Crippen molar-refractivity contribution in [2.24, 2.45) is 0 Å². The number of methoxy groups -OCH3 is 1. The Labute approximate surface area is 128 Å². The first kappa shape index (κ1) is 14.1. The van der Waals surface area contributed by atoms with E-state index in [0.717, 1.165) is 5.69 Å². The number of ether oxygens (including phenoxy) is 1. The number of aromatic nitrogens is 1. The molecule has 4 heteroatoms. The Morgan fingerprint density at radius 3 is 2.41 bits per heavy atom. The zero-order chi connectivity index (χ0) is 15.7. The van der Waals surface area contributed by atoms with Gasteiger partial charge in [-0.3, -0.25) is 4.79 Å². The summed E-state index contributed by atoms with van der Waals surface area (Å²) in [5.74, 6) is -0.574. The highest BCUT2D eigenvalue weighted by atomic mass is 16.5. The van der Waals surface area contributed by atoms with Crippen molar-refractivity contribution in [3.63, 3.8) is 0 Å². The van der Waals surface area contributed by atoms with Crippen molar-refractivity contribution in [1.29, 1.82) is 0 Å². The number of carbonyl (C=O) groups excluding carboxylic acids is 2. The van der Waals surface area contributed by atoms with Crippen molar-refractivity contribution in [3.8, 4) is 0 Å². The predicted molar refractivity (Wildman–Crippen MR) is 83.3 cm³/mol. The van der Waals surface area contributed by atoms with Crippen molar-refractivity contribution in [2.45, 2.75) is 6.92 Å². The molecule has 22 heavy (non-hydrogen) atoms. The van der Waals surface area contributed by atoms with E-state index in [9.17, 15) is 9.59 Å². The minimum Gasteiger partial charge on any atom is -0.465 e. The highest BCUT2D eigenvalue weighted by molar-refractivity contribution is 6.11.